The number of rotatable bonds is 2. The second-order valence-electron chi connectivity index (χ2n) is 7.46. The van der Waals surface area contributed by atoms with Crippen molar-refractivity contribution in [3.63, 3.8) is 0 Å². The van der Waals surface area contributed by atoms with Crippen LogP contribution in [-0.2, 0) is 23.9 Å². The zero-order valence-corrected chi connectivity index (χ0v) is 15.7. The predicted molar refractivity (Wildman–Crippen MR) is 92.9 cm³/mol. The van der Waals surface area contributed by atoms with Crippen LogP contribution in [-0.4, -0.2) is 40.6 Å². The number of hydrogen-bond donors (Lipinski definition) is 1. The number of allylic oxidation sites excluding steroid dienone is 2. The van der Waals surface area contributed by atoms with Gasteiger partial charge in [0.05, 0.1) is 11.8 Å². The Bertz CT molecular complexity index is 786. The number of esters is 2. The lowest BCUT2D eigenvalue weighted by molar-refractivity contribution is -0.153. The van der Waals surface area contributed by atoms with Crippen LogP contribution >= 0.6 is 0 Å². The van der Waals surface area contributed by atoms with Crippen LogP contribution in [0.1, 0.15) is 41.0 Å². The Morgan fingerprint density at radius 3 is 2.65 bits per heavy atom. The number of ether oxygens (including phenoxy) is 2. The molecule has 0 amide bonds. The Balaban J connectivity index is 2.10. The van der Waals surface area contributed by atoms with Gasteiger partial charge in [-0.1, -0.05) is 18.6 Å². The number of hydrogen-bond acceptors (Lipinski definition) is 6. The van der Waals surface area contributed by atoms with E-state index in [0.29, 0.717) is 16.7 Å². The standard InChI is InChI=1S/C20H24O6/c1-6-9(2)18(22)25-14-7-10(3)16-13(21)8-11(4)20(16,24)17-15(14)12(5)19(23)26-17/h6,8,12,14-15,17,24H,7H2,1-5H3/b9-6-/t12-,14-,15+,17-,20+/m0/s1. The molecular weight excluding hydrogens is 336 g/mol. The Hall–Kier alpha value is -2.21. The molecule has 2 aliphatic carbocycles. The maximum Gasteiger partial charge on any atom is 0.333 e. The molecule has 1 fully saturated rings. The summed E-state index contributed by atoms with van der Waals surface area (Å²) in [5, 5.41) is 11.4. The van der Waals surface area contributed by atoms with Crippen molar-refractivity contribution in [3.8, 4) is 0 Å². The van der Waals surface area contributed by atoms with E-state index in [4.69, 9.17) is 9.47 Å². The van der Waals surface area contributed by atoms with Crippen molar-refractivity contribution in [2.45, 2.75) is 58.8 Å². The van der Waals surface area contributed by atoms with Gasteiger partial charge < -0.3 is 14.6 Å². The molecule has 6 nitrogen and oxygen atoms in total. The van der Waals surface area contributed by atoms with E-state index in [9.17, 15) is 19.5 Å². The van der Waals surface area contributed by atoms with Crippen LogP contribution in [0.15, 0.2) is 34.4 Å². The van der Waals surface area contributed by atoms with Crippen molar-refractivity contribution in [2.75, 3.05) is 0 Å². The van der Waals surface area contributed by atoms with Crippen molar-refractivity contribution >= 4 is 17.7 Å². The molecule has 3 aliphatic rings. The van der Waals surface area contributed by atoms with Gasteiger partial charge in [0.1, 0.15) is 12.2 Å². The summed E-state index contributed by atoms with van der Waals surface area (Å²) in [6.45, 7) is 8.50. The number of ketones is 1. The van der Waals surface area contributed by atoms with Gasteiger partial charge >= 0.3 is 11.9 Å². The zero-order chi connectivity index (χ0) is 19.4. The molecule has 0 bridgehead atoms. The normalized spacial score (nSPS) is 37.0. The summed E-state index contributed by atoms with van der Waals surface area (Å²) in [6, 6.07) is 0. The molecule has 1 saturated heterocycles. The van der Waals surface area contributed by atoms with Gasteiger partial charge in [-0.05, 0) is 39.3 Å². The van der Waals surface area contributed by atoms with Gasteiger partial charge in [-0.2, -0.15) is 0 Å². The zero-order valence-electron chi connectivity index (χ0n) is 15.7. The van der Waals surface area contributed by atoms with E-state index < -0.39 is 41.6 Å². The molecule has 0 radical (unpaired) electrons. The van der Waals surface area contributed by atoms with Crippen LogP contribution in [0.3, 0.4) is 0 Å². The van der Waals surface area contributed by atoms with Gasteiger partial charge in [0.25, 0.3) is 0 Å². The average molecular weight is 360 g/mol. The van der Waals surface area contributed by atoms with E-state index in [2.05, 4.69) is 0 Å². The molecule has 1 N–H and O–H groups in total. The monoisotopic (exact) mass is 360 g/mol. The fourth-order valence-electron chi connectivity index (χ4n) is 4.29. The van der Waals surface area contributed by atoms with Crippen LogP contribution in [0.5, 0.6) is 0 Å². The lowest BCUT2D eigenvalue weighted by Gasteiger charge is -2.35. The lowest BCUT2D eigenvalue weighted by atomic mass is 9.76. The third-order valence-corrected chi connectivity index (χ3v) is 5.91. The third kappa shape index (κ3) is 2.47. The summed E-state index contributed by atoms with van der Waals surface area (Å²) in [5.41, 5.74) is 0.140. The van der Waals surface area contributed by atoms with Crippen molar-refractivity contribution in [3.05, 3.63) is 34.4 Å². The molecule has 0 unspecified atom stereocenters. The van der Waals surface area contributed by atoms with Crippen molar-refractivity contribution in [1.82, 2.24) is 0 Å². The first-order chi connectivity index (χ1) is 12.1. The summed E-state index contributed by atoms with van der Waals surface area (Å²) in [6.07, 6.45) is 1.70. The molecule has 0 aromatic rings. The van der Waals surface area contributed by atoms with Crippen LogP contribution in [0.2, 0.25) is 0 Å². The smallest absolute Gasteiger partial charge is 0.333 e. The van der Waals surface area contributed by atoms with Gasteiger partial charge in [0.2, 0.25) is 0 Å². The Morgan fingerprint density at radius 2 is 2.04 bits per heavy atom. The Kier molecular flexibility index (Phi) is 4.43. The third-order valence-electron chi connectivity index (χ3n) is 5.91. The minimum atomic E-state index is -1.66. The molecule has 0 saturated carbocycles. The van der Waals surface area contributed by atoms with Crippen molar-refractivity contribution in [2.24, 2.45) is 11.8 Å². The predicted octanol–water partition coefficient (Wildman–Crippen LogP) is 2.02. The molecule has 26 heavy (non-hydrogen) atoms. The second-order valence-corrected chi connectivity index (χ2v) is 7.46. The molecule has 5 atom stereocenters. The van der Waals surface area contributed by atoms with Gasteiger partial charge in [-0.15, -0.1) is 0 Å². The largest absolute Gasteiger partial charge is 0.458 e. The molecule has 1 aliphatic heterocycles. The molecular formula is C20H24O6. The maximum atomic E-state index is 12.5. The number of fused-ring (bicyclic) bond motifs is 3. The SMILES string of the molecule is C/C=C(/C)C(=O)O[C@H]1CC(C)=C2C(=O)C=C(C)[C@]2(O)[C@H]2OC(=O)[C@@H](C)[C@H]12. The summed E-state index contributed by atoms with van der Waals surface area (Å²) in [4.78, 5) is 37.1. The summed E-state index contributed by atoms with van der Waals surface area (Å²) < 4.78 is 11.2. The van der Waals surface area contributed by atoms with Gasteiger partial charge in [-0.25, -0.2) is 4.79 Å². The minimum absolute atomic E-state index is 0.244. The minimum Gasteiger partial charge on any atom is -0.458 e. The molecule has 0 spiro atoms. The van der Waals surface area contributed by atoms with Crippen LogP contribution < -0.4 is 0 Å². The summed E-state index contributed by atoms with van der Waals surface area (Å²) >= 11 is 0. The highest BCUT2D eigenvalue weighted by Crippen LogP contribution is 2.51. The van der Waals surface area contributed by atoms with E-state index in [0.717, 1.165) is 0 Å². The maximum absolute atomic E-state index is 12.5. The van der Waals surface area contributed by atoms with E-state index in [1.165, 1.54) is 6.08 Å². The van der Waals surface area contributed by atoms with Crippen LogP contribution in [0, 0.1) is 11.8 Å². The average Bonchev–Trinajstić information content (AvgIpc) is 2.96. The van der Waals surface area contributed by atoms with E-state index in [1.807, 2.05) is 0 Å². The van der Waals surface area contributed by atoms with E-state index in [-0.39, 0.29) is 17.8 Å². The van der Waals surface area contributed by atoms with Gasteiger partial charge in [0.15, 0.2) is 11.4 Å². The highest BCUT2D eigenvalue weighted by Gasteiger charge is 2.62. The summed E-state index contributed by atoms with van der Waals surface area (Å²) in [5.74, 6) is -2.30. The first kappa shape index (κ1) is 18.6. The highest BCUT2D eigenvalue weighted by atomic mass is 16.6. The van der Waals surface area contributed by atoms with Crippen molar-refractivity contribution in [1.29, 1.82) is 0 Å². The van der Waals surface area contributed by atoms with Gasteiger partial charge in [-0.3, -0.25) is 9.59 Å². The molecule has 140 valence electrons. The molecule has 0 aromatic heterocycles. The fraction of sp³-hybridized carbons (Fsp3) is 0.550. The molecule has 0 aromatic carbocycles. The quantitative estimate of drug-likeness (QED) is 0.599. The second kappa shape index (κ2) is 6.20. The lowest BCUT2D eigenvalue weighted by Crippen LogP contribution is -2.49. The first-order valence-electron chi connectivity index (χ1n) is 8.83. The Labute approximate surface area is 152 Å². The highest BCUT2D eigenvalue weighted by molar-refractivity contribution is 6.11. The topological polar surface area (TPSA) is 89.9 Å². The van der Waals surface area contributed by atoms with Crippen molar-refractivity contribution < 1.29 is 29.0 Å². The Morgan fingerprint density at radius 1 is 1.38 bits per heavy atom. The van der Waals surface area contributed by atoms with E-state index >= 15 is 0 Å². The number of aliphatic hydroxyl groups is 1. The molecule has 6 heteroatoms. The van der Waals surface area contributed by atoms with E-state index in [1.54, 1.807) is 40.7 Å². The summed E-state index contributed by atoms with van der Waals surface area (Å²) in [7, 11) is 0. The molecule has 1 heterocycles. The molecule has 3 rings (SSSR count). The number of carbonyl (C=O) groups excluding carboxylic acids is 3. The fourth-order valence-corrected chi connectivity index (χ4v) is 4.29. The first-order valence-corrected chi connectivity index (χ1v) is 8.83. The van der Waals surface area contributed by atoms with Crippen LogP contribution in [0.4, 0.5) is 0 Å². The van der Waals surface area contributed by atoms with Crippen LogP contribution in [0.25, 0.3) is 0 Å². The number of carbonyl (C=O) groups is 3. The van der Waals surface area contributed by atoms with Gasteiger partial charge in [0, 0.05) is 17.6 Å².